The van der Waals surface area contributed by atoms with E-state index in [9.17, 15) is 4.79 Å². The standard InChI is InChI=1S/C14H19BrN2O/c1-10-5-6-13(9-16-10)14(18)17-8-12-4-2-3-11(12)7-15/h5-6,9,11-12H,2-4,7-8H2,1H3,(H,17,18). The number of nitrogens with zero attached hydrogens (tertiary/aromatic N) is 1. The van der Waals surface area contributed by atoms with Gasteiger partial charge in [-0.3, -0.25) is 9.78 Å². The maximum absolute atomic E-state index is 11.9. The Morgan fingerprint density at radius 3 is 2.89 bits per heavy atom. The van der Waals surface area contributed by atoms with Crippen LogP contribution in [0.1, 0.15) is 35.3 Å². The zero-order chi connectivity index (χ0) is 13.0. The molecule has 1 saturated carbocycles. The summed E-state index contributed by atoms with van der Waals surface area (Å²) >= 11 is 3.55. The molecule has 2 atom stereocenters. The fourth-order valence-electron chi connectivity index (χ4n) is 2.51. The average Bonchev–Trinajstić information content (AvgIpc) is 2.84. The molecule has 0 aliphatic heterocycles. The first-order chi connectivity index (χ1) is 8.70. The predicted molar refractivity (Wildman–Crippen MR) is 75.9 cm³/mol. The Bertz CT molecular complexity index is 405. The number of pyridine rings is 1. The van der Waals surface area contributed by atoms with Crippen molar-refractivity contribution in [2.75, 3.05) is 11.9 Å². The van der Waals surface area contributed by atoms with Gasteiger partial charge < -0.3 is 5.32 Å². The van der Waals surface area contributed by atoms with Crippen molar-refractivity contribution >= 4 is 21.8 Å². The van der Waals surface area contributed by atoms with Crippen molar-refractivity contribution in [3.63, 3.8) is 0 Å². The summed E-state index contributed by atoms with van der Waals surface area (Å²) in [6.45, 7) is 2.70. The Balaban J connectivity index is 1.86. The van der Waals surface area contributed by atoms with E-state index in [-0.39, 0.29) is 5.91 Å². The highest BCUT2D eigenvalue weighted by molar-refractivity contribution is 9.09. The second kappa shape index (κ2) is 6.32. The summed E-state index contributed by atoms with van der Waals surface area (Å²) in [7, 11) is 0. The molecule has 1 aromatic rings. The first-order valence-electron chi connectivity index (χ1n) is 6.47. The van der Waals surface area contributed by atoms with Gasteiger partial charge in [-0.1, -0.05) is 22.4 Å². The number of hydrogen-bond acceptors (Lipinski definition) is 2. The van der Waals surface area contributed by atoms with Gasteiger partial charge in [0.25, 0.3) is 5.91 Å². The fraction of sp³-hybridized carbons (Fsp3) is 0.571. The third kappa shape index (κ3) is 3.31. The number of aromatic nitrogens is 1. The van der Waals surface area contributed by atoms with Crippen molar-refractivity contribution in [2.45, 2.75) is 26.2 Å². The summed E-state index contributed by atoms with van der Waals surface area (Å²) in [5, 5.41) is 4.07. The van der Waals surface area contributed by atoms with Crippen molar-refractivity contribution in [3.8, 4) is 0 Å². The highest BCUT2D eigenvalue weighted by Gasteiger charge is 2.26. The SMILES string of the molecule is Cc1ccc(C(=O)NCC2CCCC2CBr)cn1. The Labute approximate surface area is 117 Å². The second-order valence-corrected chi connectivity index (χ2v) is 5.65. The molecule has 1 N–H and O–H groups in total. The molecule has 18 heavy (non-hydrogen) atoms. The minimum Gasteiger partial charge on any atom is -0.352 e. The molecule has 4 heteroatoms. The molecule has 1 heterocycles. The third-order valence-electron chi connectivity index (χ3n) is 3.71. The van der Waals surface area contributed by atoms with Crippen LogP contribution in [0.5, 0.6) is 0 Å². The van der Waals surface area contributed by atoms with Crippen LogP contribution in [0.15, 0.2) is 18.3 Å². The second-order valence-electron chi connectivity index (χ2n) is 5.00. The Hall–Kier alpha value is -0.900. The van der Waals surface area contributed by atoms with Gasteiger partial charge >= 0.3 is 0 Å². The van der Waals surface area contributed by atoms with Gasteiger partial charge in [-0.05, 0) is 43.7 Å². The van der Waals surface area contributed by atoms with Crippen molar-refractivity contribution < 1.29 is 4.79 Å². The molecular weight excluding hydrogens is 292 g/mol. The number of aryl methyl sites for hydroxylation is 1. The lowest BCUT2D eigenvalue weighted by molar-refractivity contribution is 0.0944. The van der Waals surface area contributed by atoms with Crippen molar-refractivity contribution in [1.29, 1.82) is 0 Å². The molecule has 0 saturated heterocycles. The number of halogens is 1. The summed E-state index contributed by atoms with van der Waals surface area (Å²) in [6, 6.07) is 3.69. The van der Waals surface area contributed by atoms with Gasteiger partial charge in [0, 0.05) is 23.8 Å². The minimum absolute atomic E-state index is 0.0114. The van der Waals surface area contributed by atoms with E-state index in [4.69, 9.17) is 0 Å². The maximum Gasteiger partial charge on any atom is 0.252 e. The summed E-state index contributed by atoms with van der Waals surface area (Å²) in [6.07, 6.45) is 5.42. The van der Waals surface area contributed by atoms with Crippen LogP contribution in [-0.4, -0.2) is 22.8 Å². The van der Waals surface area contributed by atoms with Crippen LogP contribution in [0, 0.1) is 18.8 Å². The zero-order valence-corrected chi connectivity index (χ0v) is 12.2. The first-order valence-corrected chi connectivity index (χ1v) is 7.59. The Morgan fingerprint density at radius 2 is 2.22 bits per heavy atom. The van der Waals surface area contributed by atoms with Crippen LogP contribution in [0.3, 0.4) is 0 Å². The summed E-state index contributed by atoms with van der Waals surface area (Å²) in [5.74, 6) is 1.32. The molecule has 1 aliphatic carbocycles. The van der Waals surface area contributed by atoms with Crippen LogP contribution in [0.4, 0.5) is 0 Å². The van der Waals surface area contributed by atoms with E-state index in [1.165, 1.54) is 19.3 Å². The highest BCUT2D eigenvalue weighted by Crippen LogP contribution is 2.32. The van der Waals surface area contributed by atoms with Gasteiger partial charge in [0.1, 0.15) is 0 Å². The molecule has 0 aromatic carbocycles. The lowest BCUT2D eigenvalue weighted by Gasteiger charge is -2.17. The molecule has 3 nitrogen and oxygen atoms in total. The normalized spacial score (nSPS) is 23.0. The highest BCUT2D eigenvalue weighted by atomic mass is 79.9. The molecule has 1 amide bonds. The Kier molecular flexibility index (Phi) is 4.75. The van der Waals surface area contributed by atoms with Gasteiger partial charge in [0.05, 0.1) is 5.56 Å². The van der Waals surface area contributed by atoms with E-state index in [1.54, 1.807) is 6.20 Å². The fourth-order valence-corrected chi connectivity index (χ4v) is 3.37. The lowest BCUT2D eigenvalue weighted by atomic mass is 9.98. The quantitative estimate of drug-likeness (QED) is 0.869. The van der Waals surface area contributed by atoms with Crippen LogP contribution < -0.4 is 5.32 Å². The minimum atomic E-state index is -0.0114. The molecule has 1 aromatic heterocycles. The average molecular weight is 311 g/mol. The van der Waals surface area contributed by atoms with Crippen LogP contribution in [0.2, 0.25) is 0 Å². The number of amides is 1. The first kappa shape index (κ1) is 13.5. The van der Waals surface area contributed by atoms with E-state index in [0.29, 0.717) is 17.4 Å². The van der Waals surface area contributed by atoms with E-state index in [1.807, 2.05) is 19.1 Å². The van der Waals surface area contributed by atoms with Crippen molar-refractivity contribution in [2.24, 2.45) is 11.8 Å². The Morgan fingerprint density at radius 1 is 1.44 bits per heavy atom. The van der Waals surface area contributed by atoms with E-state index >= 15 is 0 Å². The van der Waals surface area contributed by atoms with E-state index in [0.717, 1.165) is 17.6 Å². The van der Waals surface area contributed by atoms with Crippen molar-refractivity contribution in [1.82, 2.24) is 10.3 Å². The summed E-state index contributed by atoms with van der Waals surface area (Å²) < 4.78 is 0. The molecule has 1 fully saturated rings. The van der Waals surface area contributed by atoms with Gasteiger partial charge in [-0.15, -0.1) is 0 Å². The molecule has 98 valence electrons. The van der Waals surface area contributed by atoms with Crippen LogP contribution >= 0.6 is 15.9 Å². The lowest BCUT2D eigenvalue weighted by Crippen LogP contribution is -2.31. The molecule has 1 aliphatic rings. The molecule has 0 radical (unpaired) electrons. The number of carbonyl (C=O) groups excluding carboxylic acids is 1. The number of hydrogen-bond donors (Lipinski definition) is 1. The van der Waals surface area contributed by atoms with Crippen molar-refractivity contribution in [3.05, 3.63) is 29.6 Å². The summed E-state index contributed by atoms with van der Waals surface area (Å²) in [5.41, 5.74) is 1.58. The van der Waals surface area contributed by atoms with Crippen LogP contribution in [-0.2, 0) is 0 Å². The van der Waals surface area contributed by atoms with E-state index in [2.05, 4.69) is 26.2 Å². The molecule has 0 bridgehead atoms. The smallest absolute Gasteiger partial charge is 0.252 e. The van der Waals surface area contributed by atoms with Crippen LogP contribution in [0.25, 0.3) is 0 Å². The zero-order valence-electron chi connectivity index (χ0n) is 10.7. The summed E-state index contributed by atoms with van der Waals surface area (Å²) in [4.78, 5) is 16.1. The number of carbonyl (C=O) groups is 1. The van der Waals surface area contributed by atoms with Gasteiger partial charge in [-0.25, -0.2) is 0 Å². The molecular formula is C14H19BrN2O. The number of nitrogens with one attached hydrogen (secondary N) is 1. The number of alkyl halides is 1. The van der Waals surface area contributed by atoms with Gasteiger partial charge in [0.2, 0.25) is 0 Å². The van der Waals surface area contributed by atoms with Gasteiger partial charge in [-0.2, -0.15) is 0 Å². The van der Waals surface area contributed by atoms with E-state index < -0.39 is 0 Å². The maximum atomic E-state index is 11.9. The molecule has 2 unspecified atom stereocenters. The topological polar surface area (TPSA) is 42.0 Å². The van der Waals surface area contributed by atoms with Gasteiger partial charge in [0.15, 0.2) is 0 Å². The molecule has 0 spiro atoms. The predicted octanol–water partition coefficient (Wildman–Crippen LogP) is 2.93. The third-order valence-corrected chi connectivity index (χ3v) is 4.54. The largest absolute Gasteiger partial charge is 0.352 e. The number of rotatable bonds is 4. The molecule has 2 rings (SSSR count). The monoisotopic (exact) mass is 310 g/mol.